The first kappa shape index (κ1) is 135. The van der Waals surface area contributed by atoms with Crippen molar-refractivity contribution in [1.29, 1.82) is 0 Å². The zero-order valence-corrected chi connectivity index (χ0v) is 110. The van der Waals surface area contributed by atoms with Crippen molar-refractivity contribution in [3.63, 3.8) is 0 Å². The molecule has 0 N–H and O–H groups in total. The van der Waals surface area contributed by atoms with Crippen LogP contribution in [0.5, 0.6) is 0 Å². The van der Waals surface area contributed by atoms with Gasteiger partial charge in [0.05, 0.1) is 0 Å². The van der Waals surface area contributed by atoms with Crippen molar-refractivity contribution in [2.24, 2.45) is 0 Å². The van der Waals surface area contributed by atoms with Crippen molar-refractivity contribution in [2.45, 2.75) is 337 Å². The molecule has 0 fully saturated rings. The van der Waals surface area contributed by atoms with Gasteiger partial charge in [0.2, 0.25) is 0 Å². The Hall–Kier alpha value is 5.30. The SMILES string of the molecule is CC(C)(C)P(C)(C)(C)F.CC(C)(C)P(C)(C)(C)OB(OP(C)(C)(C)C(C)(C)C)OP(C)(C)(C)C(C)(C)C.CC(C)(C)P(C)(C)(C)OB(OP(C)(C)(C)C(C)(C)C)OP(C)(C)(C)C(C)(C)C.CC(C)(C)P(C)(C)(C)OB(OP(C)(C)(C)C(C)(C)C)OP(C)(C)(C)C(C)(C)C.CC(C)(C)P(C)(C)(C)OB(OP(C)(C)(C)C(C)(C)C)OP(C)(C)(C)C(C)(C)C. The van der Waals surface area contributed by atoms with Crippen LogP contribution in [0.3, 0.4) is 0 Å². The van der Waals surface area contributed by atoms with Crippen LogP contribution in [-0.2, 0) is 53.3 Å². The molecule has 0 rings (SSSR count). The number of hydrogen-bond acceptors (Lipinski definition) is 12. The van der Waals surface area contributed by atoms with Gasteiger partial charge in [-0.05, 0) is 0 Å². The van der Waals surface area contributed by atoms with Crippen LogP contribution in [0, 0.1) is 0 Å². The van der Waals surface area contributed by atoms with Gasteiger partial charge in [-0.25, -0.2) is 0 Å². The van der Waals surface area contributed by atoms with Gasteiger partial charge in [-0.2, -0.15) is 0 Å². The topological polar surface area (TPSA) is 111 Å². The summed E-state index contributed by atoms with van der Waals surface area (Å²) >= 11 is 0. The van der Waals surface area contributed by atoms with E-state index in [0.717, 1.165) is 0 Å². The Labute approximate surface area is 767 Å². The van der Waals surface area contributed by atoms with E-state index in [1.165, 1.54) is 0 Å². The number of hydrogen-bond donors (Lipinski definition) is 0. The van der Waals surface area contributed by atoms with E-state index in [1.807, 2.05) is 20.8 Å². The summed E-state index contributed by atoms with van der Waals surface area (Å²) in [4.78, 5) is 0. The first-order chi connectivity index (χ1) is 49.0. The van der Waals surface area contributed by atoms with Gasteiger partial charge >= 0.3 is 773 Å². The van der Waals surface area contributed by atoms with Crippen LogP contribution in [0.15, 0.2) is 0 Å². The molecule has 0 aliphatic heterocycles. The number of rotatable bonds is 24. The molecule has 0 heterocycles. The van der Waals surface area contributed by atoms with E-state index >= 15 is 0 Å². The second-order valence-corrected chi connectivity index (χ2v) is 154. The van der Waals surface area contributed by atoms with E-state index in [0.29, 0.717) is 0 Å². The van der Waals surface area contributed by atoms with Crippen LogP contribution in [0.25, 0.3) is 0 Å². The van der Waals surface area contributed by atoms with Crippen molar-refractivity contribution in [3.8, 4) is 0 Å². The van der Waals surface area contributed by atoms with Crippen molar-refractivity contribution in [1.82, 2.24) is 0 Å². The van der Waals surface area contributed by atoms with Gasteiger partial charge in [-0.15, -0.1) is 0 Å². The zero-order chi connectivity index (χ0) is 102. The Morgan fingerprint density at radius 2 is 0.157 bits per heavy atom. The molecule has 0 aromatic carbocycles. The van der Waals surface area contributed by atoms with Gasteiger partial charge in [0, 0.05) is 0 Å². The minimum absolute atomic E-state index is 0.0252. The Kier molecular flexibility index (Phi) is 38.3. The van der Waals surface area contributed by atoms with E-state index < -0.39 is 118 Å². The summed E-state index contributed by atoms with van der Waals surface area (Å²) in [7, 11) is -2.65. The van der Waals surface area contributed by atoms with E-state index in [2.05, 4.69) is 489 Å². The molecule has 0 aliphatic rings. The third-order valence-corrected chi connectivity index (χ3v) is 105. The monoisotopic (exact) mass is 1990 g/mol. The van der Waals surface area contributed by atoms with E-state index in [1.54, 1.807) is 20.0 Å². The molecule has 0 aliphatic carbocycles. The second-order valence-electron chi connectivity index (χ2n) is 65.1. The van der Waals surface area contributed by atoms with Crippen LogP contribution < -0.4 is 0 Å². The van der Waals surface area contributed by atoms with Crippen molar-refractivity contribution >= 4 is 118 Å². The van der Waals surface area contributed by atoms with Crippen LogP contribution >= 0.6 is 88.9 Å². The second kappa shape index (κ2) is 34.4. The fourth-order valence-corrected chi connectivity index (χ4v) is 18.6. The normalized spacial score (nSPS) is 19.6. The number of halogens is 1. The molecule has 0 saturated heterocycles. The molecule has 12 nitrogen and oxygen atoms in total. The minimum atomic E-state index is -2.81. The molecule has 0 saturated carbocycles. The molecule has 0 radical (unpaired) electrons. The van der Waals surface area contributed by atoms with E-state index in [4.69, 9.17) is 53.3 Å². The van der Waals surface area contributed by atoms with Crippen LogP contribution in [0.2, 0.25) is 0 Å². The molecular weight excluding hydrogens is 1750 g/mol. The van der Waals surface area contributed by atoms with Gasteiger partial charge < -0.3 is 0 Å². The molecule has 0 aromatic heterocycles. The van der Waals surface area contributed by atoms with Crippen LogP contribution in [0.4, 0.5) is 4.20 Å². The average Bonchev–Trinajstić information content (AvgIpc) is 0.734. The van der Waals surface area contributed by atoms with Gasteiger partial charge in [0.15, 0.2) is 0 Å². The van der Waals surface area contributed by atoms with Gasteiger partial charge in [0.1, 0.15) is 0 Å². The summed E-state index contributed by atoms with van der Waals surface area (Å²) in [5.74, 6) is 0. The third kappa shape index (κ3) is 35.0. The predicted molar refractivity (Wildman–Crippen MR) is 615 cm³/mol. The average molecular weight is 1990 g/mol. The van der Waals surface area contributed by atoms with Gasteiger partial charge in [0.25, 0.3) is 0 Å². The standard InChI is InChI=1S/4C21H54BO3P3.C7H18FP/c4*1-19(2,3)26(10,11,12)23-22(24-27(13,14,15)20(4,5)6)25-28(16,17,18)21(7,8)9;1-7(2,3)9(4,5,6)8/h4*1-18H3;1-6H3. The van der Waals surface area contributed by atoms with E-state index in [9.17, 15) is 4.20 Å². The Morgan fingerprint density at radius 1 is 0.116 bits per heavy atom. The molecule has 30 heteroatoms. The Bertz CT molecular complexity index is 2700. The zero-order valence-electron chi connectivity index (χ0n) is 97.9. The van der Waals surface area contributed by atoms with Gasteiger partial charge in [-0.1, -0.05) is 0 Å². The van der Waals surface area contributed by atoms with E-state index in [-0.39, 0.29) is 67.0 Å². The maximum absolute atomic E-state index is 13.7. The first-order valence-electron chi connectivity index (χ1n) is 45.0. The molecule has 0 bridgehead atoms. The molecule has 121 heavy (non-hydrogen) atoms. The summed E-state index contributed by atoms with van der Waals surface area (Å²) in [6.07, 6.45) is 0. The summed E-state index contributed by atoms with van der Waals surface area (Å²) in [5.41, 5.74) is 0. The summed E-state index contributed by atoms with van der Waals surface area (Å²) in [6, 6.07) is 0. The van der Waals surface area contributed by atoms with Crippen LogP contribution in [0.1, 0.15) is 270 Å². The molecular formula is C91H234B4FO12P13. The molecule has 0 unspecified atom stereocenters. The molecule has 0 spiro atoms. The van der Waals surface area contributed by atoms with Crippen molar-refractivity contribution in [2.75, 3.05) is 260 Å². The predicted octanol–water partition coefficient (Wildman–Crippen LogP) is 33.1. The summed E-state index contributed by atoms with van der Waals surface area (Å²) in [6.45, 7) is 142. The van der Waals surface area contributed by atoms with Crippen LogP contribution in [-0.4, -0.2) is 356 Å². The third-order valence-electron chi connectivity index (χ3n) is 35.2. The fourth-order valence-electron chi connectivity index (χ4n) is 5.74. The Balaban J connectivity index is -0.000000477. The molecule has 754 valence electrons. The van der Waals surface area contributed by atoms with Crippen molar-refractivity contribution < 1.29 is 57.5 Å². The quantitative estimate of drug-likeness (QED) is 0.0678. The summed E-state index contributed by atoms with van der Waals surface area (Å²) < 4.78 is 96.9. The molecule has 0 amide bonds. The maximum atomic E-state index is 13.7. The first-order valence-corrected chi connectivity index (χ1v) is 90.5. The van der Waals surface area contributed by atoms with Crippen molar-refractivity contribution in [3.05, 3.63) is 0 Å². The molecule has 0 atom stereocenters. The molecule has 0 aromatic rings. The summed E-state index contributed by atoms with van der Waals surface area (Å²) in [5, 5.41) is 0.141. The fraction of sp³-hybridized carbons (Fsp3) is 1.00. The van der Waals surface area contributed by atoms with Gasteiger partial charge in [-0.3, -0.25) is 0 Å². The Morgan fingerprint density at radius 3 is 0.182 bits per heavy atom.